The van der Waals surface area contributed by atoms with Crippen LogP contribution >= 0.6 is 34.8 Å². The third-order valence-corrected chi connectivity index (χ3v) is 9.73. The molecule has 0 aliphatic heterocycles. The zero-order valence-corrected chi connectivity index (χ0v) is 27.3. The molecule has 0 aromatic heterocycles. The van der Waals surface area contributed by atoms with E-state index in [0.29, 0.717) is 32.9 Å². The lowest BCUT2D eigenvalue weighted by Crippen LogP contribution is -2.53. The Morgan fingerprint density at radius 2 is 1.48 bits per heavy atom. The molecule has 2 amide bonds. The number of aryl methyl sites for hydroxylation is 1. The molecule has 7 nitrogen and oxygen atoms in total. The number of benzene rings is 4. The fourth-order valence-electron chi connectivity index (χ4n) is 4.75. The molecule has 0 saturated carbocycles. The summed E-state index contributed by atoms with van der Waals surface area (Å²) < 4.78 is 29.2. The molecular formula is C33H32Cl3N3O4S. The zero-order chi connectivity index (χ0) is 31.9. The molecule has 0 radical (unpaired) electrons. The van der Waals surface area contributed by atoms with Crippen LogP contribution in [0.5, 0.6) is 0 Å². The molecule has 4 aromatic rings. The van der Waals surface area contributed by atoms with Gasteiger partial charge >= 0.3 is 0 Å². The summed E-state index contributed by atoms with van der Waals surface area (Å²) in [5.41, 5.74) is 2.35. The monoisotopic (exact) mass is 671 g/mol. The first-order valence-corrected chi connectivity index (χ1v) is 16.5. The Labute approximate surface area is 273 Å². The Bertz CT molecular complexity index is 1700. The first-order chi connectivity index (χ1) is 21.0. The van der Waals surface area contributed by atoms with Crippen LogP contribution in [-0.2, 0) is 32.6 Å². The van der Waals surface area contributed by atoms with Gasteiger partial charge in [0, 0.05) is 40.1 Å². The average Bonchev–Trinajstić information content (AvgIpc) is 2.99. The molecule has 0 fully saturated rings. The lowest BCUT2D eigenvalue weighted by Gasteiger charge is -2.34. The number of hydrogen-bond acceptors (Lipinski definition) is 4. The number of nitrogens with zero attached hydrogens (tertiary/aromatic N) is 2. The number of hydrogen-bond donors (Lipinski definition) is 1. The summed E-state index contributed by atoms with van der Waals surface area (Å²) in [5, 5.41) is 3.83. The normalized spacial score (nSPS) is 11.9. The minimum absolute atomic E-state index is 0.0403. The Morgan fingerprint density at radius 3 is 2.09 bits per heavy atom. The SMILES string of the molecule is CCNC(=O)C(Cc1ccccc1)N(Cc1c(Cl)cccc1Cl)C(=O)CN(c1cccc(C)c1)S(=O)(=O)c1ccc(Cl)cc1. The second-order valence-corrected chi connectivity index (χ2v) is 13.2. The zero-order valence-electron chi connectivity index (χ0n) is 24.2. The van der Waals surface area contributed by atoms with E-state index in [2.05, 4.69) is 5.32 Å². The number of amides is 2. The van der Waals surface area contributed by atoms with Gasteiger partial charge in [-0.2, -0.15) is 0 Å². The first kappa shape index (κ1) is 33.3. The molecule has 11 heteroatoms. The lowest BCUT2D eigenvalue weighted by molar-refractivity contribution is -0.140. The van der Waals surface area contributed by atoms with E-state index in [1.807, 2.05) is 43.3 Å². The molecule has 44 heavy (non-hydrogen) atoms. The number of carbonyl (C=O) groups is 2. The number of anilines is 1. The van der Waals surface area contributed by atoms with Gasteiger partial charge in [0.2, 0.25) is 11.8 Å². The van der Waals surface area contributed by atoms with E-state index in [0.717, 1.165) is 15.4 Å². The molecule has 4 rings (SSSR count). The molecule has 0 spiro atoms. The Kier molecular flexibility index (Phi) is 11.3. The molecule has 1 N–H and O–H groups in total. The van der Waals surface area contributed by atoms with Crippen molar-refractivity contribution in [3.05, 3.63) is 129 Å². The standard InChI is InChI=1S/C33H32Cl3N3O4S/c1-3-37-33(41)31(20-24-10-5-4-6-11-24)38(21-28-29(35)13-8-14-30(28)36)32(40)22-39(26-12-7-9-23(2)19-26)44(42,43)27-17-15-25(34)16-18-27/h4-19,31H,3,20-22H2,1-2H3,(H,37,41). The topological polar surface area (TPSA) is 86.8 Å². The molecule has 0 bridgehead atoms. The third kappa shape index (κ3) is 8.12. The number of carbonyl (C=O) groups excluding carboxylic acids is 2. The smallest absolute Gasteiger partial charge is 0.264 e. The largest absolute Gasteiger partial charge is 0.355 e. The van der Waals surface area contributed by atoms with Gasteiger partial charge in [-0.05, 0) is 73.5 Å². The highest BCUT2D eigenvalue weighted by molar-refractivity contribution is 7.92. The van der Waals surface area contributed by atoms with Crippen LogP contribution in [0, 0.1) is 6.92 Å². The molecule has 0 heterocycles. The second-order valence-electron chi connectivity index (χ2n) is 10.1. The van der Waals surface area contributed by atoms with Crippen LogP contribution in [0.15, 0.2) is 102 Å². The highest BCUT2D eigenvalue weighted by Crippen LogP contribution is 2.29. The minimum Gasteiger partial charge on any atom is -0.355 e. The Hall–Kier alpha value is -3.56. The number of sulfonamides is 1. The Morgan fingerprint density at radius 1 is 0.841 bits per heavy atom. The summed E-state index contributed by atoms with van der Waals surface area (Å²) in [7, 11) is -4.25. The molecule has 0 aliphatic carbocycles. The molecule has 1 unspecified atom stereocenters. The summed E-state index contributed by atoms with van der Waals surface area (Å²) in [6.45, 7) is 3.22. The fourth-order valence-corrected chi connectivity index (χ4v) is 6.79. The number of likely N-dealkylation sites (N-methyl/N-ethyl adjacent to an activating group) is 1. The van der Waals surface area contributed by atoms with E-state index in [-0.39, 0.29) is 17.9 Å². The van der Waals surface area contributed by atoms with Gasteiger partial charge in [0.15, 0.2) is 0 Å². The van der Waals surface area contributed by atoms with Gasteiger partial charge < -0.3 is 10.2 Å². The van der Waals surface area contributed by atoms with Crippen molar-refractivity contribution in [3.8, 4) is 0 Å². The summed E-state index contributed by atoms with van der Waals surface area (Å²) in [6, 6.07) is 25.8. The maximum absolute atomic E-state index is 14.4. The fraction of sp³-hybridized carbons (Fsp3) is 0.212. The van der Waals surface area contributed by atoms with E-state index < -0.39 is 34.4 Å². The lowest BCUT2D eigenvalue weighted by atomic mass is 10.0. The average molecular weight is 673 g/mol. The van der Waals surface area contributed by atoms with Gasteiger partial charge in [0.25, 0.3) is 10.0 Å². The van der Waals surface area contributed by atoms with E-state index in [9.17, 15) is 18.0 Å². The van der Waals surface area contributed by atoms with Gasteiger partial charge in [0.1, 0.15) is 12.6 Å². The van der Waals surface area contributed by atoms with Crippen LogP contribution in [0.4, 0.5) is 5.69 Å². The van der Waals surface area contributed by atoms with E-state index in [1.54, 1.807) is 43.3 Å². The van der Waals surface area contributed by atoms with Crippen LogP contribution in [0.1, 0.15) is 23.6 Å². The van der Waals surface area contributed by atoms with Crippen LogP contribution < -0.4 is 9.62 Å². The van der Waals surface area contributed by atoms with Crippen LogP contribution in [0.2, 0.25) is 15.1 Å². The molecule has 1 atom stereocenters. The van der Waals surface area contributed by atoms with Crippen LogP contribution in [0.3, 0.4) is 0 Å². The quantitative estimate of drug-likeness (QED) is 0.177. The van der Waals surface area contributed by atoms with Crippen LogP contribution in [0.25, 0.3) is 0 Å². The molecule has 4 aromatic carbocycles. The first-order valence-electron chi connectivity index (χ1n) is 13.9. The second kappa shape index (κ2) is 14.9. The van der Waals surface area contributed by atoms with Crippen molar-refractivity contribution in [2.75, 3.05) is 17.4 Å². The molecule has 0 saturated heterocycles. The van der Waals surface area contributed by atoms with E-state index >= 15 is 0 Å². The number of nitrogens with one attached hydrogen (secondary N) is 1. The van der Waals surface area contributed by atoms with Crippen molar-refractivity contribution >= 4 is 62.3 Å². The van der Waals surface area contributed by atoms with Gasteiger partial charge in [-0.25, -0.2) is 8.42 Å². The minimum atomic E-state index is -4.25. The third-order valence-electron chi connectivity index (χ3n) is 6.98. The maximum Gasteiger partial charge on any atom is 0.264 e. The molecular weight excluding hydrogens is 641 g/mol. The van der Waals surface area contributed by atoms with Crippen molar-refractivity contribution in [1.82, 2.24) is 10.2 Å². The maximum atomic E-state index is 14.4. The summed E-state index contributed by atoms with van der Waals surface area (Å²) in [6.07, 6.45) is 0.175. The van der Waals surface area contributed by atoms with Gasteiger partial charge in [-0.1, -0.05) is 83.3 Å². The molecule has 0 aliphatic rings. The summed E-state index contributed by atoms with van der Waals surface area (Å²) >= 11 is 19.1. The number of halogens is 3. The van der Waals surface area contributed by atoms with Crippen molar-refractivity contribution in [1.29, 1.82) is 0 Å². The summed E-state index contributed by atoms with van der Waals surface area (Å²) in [5.74, 6) is -1.01. The predicted octanol–water partition coefficient (Wildman–Crippen LogP) is 6.93. The van der Waals surface area contributed by atoms with Crippen molar-refractivity contribution in [2.24, 2.45) is 0 Å². The van der Waals surface area contributed by atoms with E-state index in [4.69, 9.17) is 34.8 Å². The highest BCUT2D eigenvalue weighted by Gasteiger charge is 2.35. The predicted molar refractivity (Wildman–Crippen MR) is 177 cm³/mol. The summed E-state index contributed by atoms with van der Waals surface area (Å²) in [4.78, 5) is 29.3. The Balaban J connectivity index is 1.83. The highest BCUT2D eigenvalue weighted by atomic mass is 35.5. The van der Waals surface area contributed by atoms with Crippen molar-refractivity contribution in [2.45, 2.75) is 37.8 Å². The van der Waals surface area contributed by atoms with E-state index in [1.165, 1.54) is 29.2 Å². The van der Waals surface area contributed by atoms with Crippen molar-refractivity contribution < 1.29 is 18.0 Å². The van der Waals surface area contributed by atoms with Crippen molar-refractivity contribution in [3.63, 3.8) is 0 Å². The van der Waals surface area contributed by atoms with Gasteiger partial charge in [-0.3, -0.25) is 13.9 Å². The molecule has 230 valence electrons. The van der Waals surface area contributed by atoms with Gasteiger partial charge in [0.05, 0.1) is 10.6 Å². The van der Waals surface area contributed by atoms with Crippen LogP contribution in [-0.4, -0.2) is 44.3 Å². The number of rotatable bonds is 12. The van der Waals surface area contributed by atoms with Gasteiger partial charge in [-0.15, -0.1) is 0 Å².